The van der Waals surface area contributed by atoms with Crippen LogP contribution in [0.25, 0.3) is 11.1 Å². The summed E-state index contributed by atoms with van der Waals surface area (Å²) in [5, 5.41) is 10.6. The molecule has 1 heterocycles. The van der Waals surface area contributed by atoms with E-state index in [2.05, 4.69) is 0 Å². The van der Waals surface area contributed by atoms with Gasteiger partial charge in [0.25, 0.3) is 11.8 Å². The molecule has 2 aliphatic rings. The van der Waals surface area contributed by atoms with E-state index in [0.29, 0.717) is 12.0 Å². The van der Waals surface area contributed by atoms with Gasteiger partial charge in [0.1, 0.15) is 23.3 Å². The summed E-state index contributed by atoms with van der Waals surface area (Å²) in [7, 11) is -4.12. The van der Waals surface area contributed by atoms with E-state index in [0.717, 1.165) is 4.90 Å². The maximum Gasteiger partial charge on any atom is 0.283 e. The topological polar surface area (TPSA) is 86.7 Å². The number of alkyl halides is 2. The molecule has 0 spiro atoms. The van der Waals surface area contributed by atoms with Crippen molar-refractivity contribution in [3.8, 4) is 11.1 Å². The van der Waals surface area contributed by atoms with Gasteiger partial charge in [-0.3, -0.25) is 4.79 Å². The fourth-order valence-corrected chi connectivity index (χ4v) is 5.70. The van der Waals surface area contributed by atoms with Crippen LogP contribution in [0, 0.1) is 18.6 Å². The highest BCUT2D eigenvalue weighted by Gasteiger charge is 2.60. The van der Waals surface area contributed by atoms with Gasteiger partial charge in [-0.05, 0) is 50.7 Å². The van der Waals surface area contributed by atoms with Crippen LogP contribution in [0.15, 0.2) is 36.4 Å². The molecule has 1 saturated heterocycles. The minimum absolute atomic E-state index is 0.00829. The lowest BCUT2D eigenvalue weighted by Gasteiger charge is -2.40. The Bertz CT molecular complexity index is 1280. The molecule has 2 atom stereocenters. The molecule has 2 fully saturated rings. The fourth-order valence-electron chi connectivity index (χ4n) is 4.82. The summed E-state index contributed by atoms with van der Waals surface area (Å²) in [6, 6.07) is 5.10. The van der Waals surface area contributed by atoms with Gasteiger partial charge in [0.2, 0.25) is 10.0 Å². The van der Waals surface area contributed by atoms with Gasteiger partial charge in [0.05, 0.1) is 18.3 Å². The normalized spacial score (nSPS) is 22.9. The summed E-state index contributed by atoms with van der Waals surface area (Å²) >= 11 is 0. The number of aliphatic hydroxyl groups is 1. The van der Waals surface area contributed by atoms with Crippen molar-refractivity contribution in [1.82, 2.24) is 9.62 Å². The van der Waals surface area contributed by atoms with E-state index in [1.165, 1.54) is 44.2 Å². The minimum Gasteiger partial charge on any atom is -0.380 e. The van der Waals surface area contributed by atoms with Crippen LogP contribution in [0.1, 0.15) is 37.3 Å². The number of sulfonamides is 1. The lowest BCUT2D eigenvalue weighted by atomic mass is 9.79. The molecule has 4 rings (SSSR count). The number of hydrogen-bond donors (Lipinski definition) is 2. The monoisotopic (exact) mass is 528 g/mol. The highest BCUT2D eigenvalue weighted by Crippen LogP contribution is 2.41. The summed E-state index contributed by atoms with van der Waals surface area (Å²) < 4.78 is 87.1. The summed E-state index contributed by atoms with van der Waals surface area (Å²) in [5.41, 5.74) is -1.69. The van der Waals surface area contributed by atoms with Gasteiger partial charge in [-0.1, -0.05) is 36.4 Å². The Morgan fingerprint density at radius 1 is 1.11 bits per heavy atom. The number of nitrogens with one attached hydrogen (secondary N) is 1. The first-order valence-corrected chi connectivity index (χ1v) is 13.4. The molecule has 0 unspecified atom stereocenters. The molecule has 2 aromatic carbocycles. The van der Waals surface area contributed by atoms with Crippen LogP contribution >= 0.6 is 0 Å². The second kappa shape index (κ2) is 9.42. The van der Waals surface area contributed by atoms with E-state index < -0.39 is 69.9 Å². The van der Waals surface area contributed by atoms with Crippen molar-refractivity contribution in [3.05, 3.63) is 59.2 Å². The molecule has 6 nitrogen and oxygen atoms in total. The van der Waals surface area contributed by atoms with Crippen molar-refractivity contribution in [2.75, 3.05) is 12.3 Å². The molecular weight excluding hydrogens is 500 g/mol. The fraction of sp³-hybridized carbons (Fsp3) is 0.480. The largest absolute Gasteiger partial charge is 0.380 e. The number of amides is 1. The van der Waals surface area contributed by atoms with E-state index in [4.69, 9.17) is 0 Å². The van der Waals surface area contributed by atoms with Gasteiger partial charge in [-0.2, -0.15) is 0 Å². The Hall–Kier alpha value is -2.50. The van der Waals surface area contributed by atoms with Crippen molar-refractivity contribution >= 4 is 15.9 Å². The molecule has 1 aliphatic carbocycles. The average Bonchev–Trinajstić information content (AvgIpc) is 3.04. The number of carbonyl (C=O) groups is 1. The third-order valence-corrected chi connectivity index (χ3v) is 8.51. The standard InChI is InChI=1S/C25H28F4N2O4S/c1-3-36(34,35)30-22-19(31(14-25(22,28)29)23(32)24(33)11-6-12-24)13-16-8-5-10-18(21(16)27)17-9-4-7-15(2)20(17)26/h4-5,7-10,19,22,30,33H,3,6,11-14H2,1-2H3/t19-,22+/m0/s1. The number of hydrogen-bond acceptors (Lipinski definition) is 4. The third kappa shape index (κ3) is 4.76. The predicted molar refractivity (Wildman–Crippen MR) is 126 cm³/mol. The molecule has 0 aromatic heterocycles. The van der Waals surface area contributed by atoms with Gasteiger partial charge in [-0.15, -0.1) is 0 Å². The lowest BCUT2D eigenvalue weighted by Crippen LogP contribution is -2.57. The number of halogens is 4. The predicted octanol–water partition coefficient (Wildman–Crippen LogP) is 3.55. The zero-order chi connectivity index (χ0) is 26.5. The number of rotatable bonds is 7. The summed E-state index contributed by atoms with van der Waals surface area (Å²) in [4.78, 5) is 13.9. The maximum atomic E-state index is 15.6. The van der Waals surface area contributed by atoms with Crippen LogP contribution in [0.4, 0.5) is 17.6 Å². The Morgan fingerprint density at radius 2 is 1.72 bits per heavy atom. The number of benzene rings is 2. The maximum absolute atomic E-state index is 15.6. The number of carbonyl (C=O) groups excluding carboxylic acids is 1. The van der Waals surface area contributed by atoms with Crippen LogP contribution in [0.5, 0.6) is 0 Å². The van der Waals surface area contributed by atoms with E-state index in [9.17, 15) is 22.7 Å². The van der Waals surface area contributed by atoms with Gasteiger partial charge in [0.15, 0.2) is 0 Å². The van der Waals surface area contributed by atoms with Gasteiger partial charge < -0.3 is 10.0 Å². The van der Waals surface area contributed by atoms with Crippen molar-refractivity contribution in [3.63, 3.8) is 0 Å². The first kappa shape index (κ1) is 26.6. The van der Waals surface area contributed by atoms with Crippen LogP contribution in [0.3, 0.4) is 0 Å². The SMILES string of the molecule is CCS(=O)(=O)N[C@@H]1[C@H](Cc2cccc(-c3cccc(C)c3F)c2F)N(C(=O)C2(O)CCC2)CC1(F)F. The van der Waals surface area contributed by atoms with Gasteiger partial charge in [0, 0.05) is 11.1 Å². The van der Waals surface area contributed by atoms with Crippen molar-refractivity contribution in [2.45, 2.75) is 63.1 Å². The van der Waals surface area contributed by atoms with Crippen LogP contribution in [-0.4, -0.2) is 60.2 Å². The molecule has 1 saturated carbocycles. The first-order chi connectivity index (χ1) is 16.8. The molecule has 2 N–H and O–H groups in total. The molecule has 0 bridgehead atoms. The Morgan fingerprint density at radius 3 is 2.31 bits per heavy atom. The third-order valence-electron chi connectivity index (χ3n) is 7.14. The average molecular weight is 529 g/mol. The van der Waals surface area contributed by atoms with E-state index in [-0.39, 0.29) is 29.5 Å². The minimum atomic E-state index is -4.12. The van der Waals surface area contributed by atoms with Gasteiger partial charge >= 0.3 is 0 Å². The number of nitrogens with zero attached hydrogens (tertiary/aromatic N) is 1. The van der Waals surface area contributed by atoms with E-state index in [1.54, 1.807) is 6.07 Å². The molecule has 1 amide bonds. The first-order valence-electron chi connectivity index (χ1n) is 11.7. The summed E-state index contributed by atoms with van der Waals surface area (Å²) in [6.07, 6.45) is 0.272. The zero-order valence-electron chi connectivity index (χ0n) is 19.9. The molecular formula is C25H28F4N2O4S. The van der Waals surface area contributed by atoms with E-state index in [1.807, 2.05) is 4.72 Å². The lowest BCUT2D eigenvalue weighted by molar-refractivity contribution is -0.162. The second-order valence-corrected chi connectivity index (χ2v) is 11.6. The van der Waals surface area contributed by atoms with Crippen molar-refractivity contribution < 1.29 is 35.9 Å². The summed E-state index contributed by atoms with van der Waals surface area (Å²) in [5.74, 6) is -6.55. The highest BCUT2D eigenvalue weighted by molar-refractivity contribution is 7.89. The van der Waals surface area contributed by atoms with Gasteiger partial charge in [-0.25, -0.2) is 30.7 Å². The van der Waals surface area contributed by atoms with Crippen LogP contribution < -0.4 is 4.72 Å². The van der Waals surface area contributed by atoms with Crippen LogP contribution in [-0.2, 0) is 21.2 Å². The Balaban J connectivity index is 1.76. The molecule has 1 aliphatic heterocycles. The van der Waals surface area contributed by atoms with Crippen molar-refractivity contribution in [2.24, 2.45) is 0 Å². The Kier molecular flexibility index (Phi) is 6.95. The molecule has 0 radical (unpaired) electrons. The number of likely N-dealkylation sites (tertiary alicyclic amines) is 1. The molecule has 2 aromatic rings. The summed E-state index contributed by atoms with van der Waals surface area (Å²) in [6.45, 7) is 1.69. The quantitative estimate of drug-likeness (QED) is 0.539. The molecule has 196 valence electrons. The molecule has 11 heteroatoms. The van der Waals surface area contributed by atoms with Crippen LogP contribution in [0.2, 0.25) is 0 Å². The zero-order valence-corrected chi connectivity index (χ0v) is 20.7. The Labute approximate surface area is 207 Å². The highest BCUT2D eigenvalue weighted by atomic mass is 32.2. The van der Waals surface area contributed by atoms with Crippen molar-refractivity contribution in [1.29, 1.82) is 0 Å². The second-order valence-electron chi connectivity index (χ2n) is 9.56. The molecule has 36 heavy (non-hydrogen) atoms. The van der Waals surface area contributed by atoms with E-state index >= 15 is 13.2 Å². The smallest absolute Gasteiger partial charge is 0.283 e. The number of aryl methyl sites for hydroxylation is 1.